The second kappa shape index (κ2) is 7.90. The predicted molar refractivity (Wildman–Crippen MR) is 88.0 cm³/mol. The summed E-state index contributed by atoms with van der Waals surface area (Å²) in [5, 5.41) is 7.31. The van der Waals surface area contributed by atoms with Crippen molar-refractivity contribution in [1.82, 2.24) is 14.7 Å². The van der Waals surface area contributed by atoms with Crippen molar-refractivity contribution in [2.45, 2.75) is 38.3 Å². The monoisotopic (exact) mass is 321 g/mol. The van der Waals surface area contributed by atoms with E-state index in [0.717, 1.165) is 58.7 Å². The number of ether oxygens (including phenoxy) is 1. The molecule has 1 aromatic rings. The van der Waals surface area contributed by atoms with E-state index in [1.54, 1.807) is 0 Å². The lowest BCUT2D eigenvalue weighted by Gasteiger charge is -2.26. The Morgan fingerprint density at radius 1 is 1.35 bits per heavy atom. The Hall–Kier alpha value is -1.44. The van der Waals surface area contributed by atoms with Gasteiger partial charge in [-0.1, -0.05) is 6.42 Å². The summed E-state index contributed by atoms with van der Waals surface area (Å²) in [4.78, 5) is 14.5. The van der Waals surface area contributed by atoms with E-state index in [2.05, 4.69) is 15.3 Å². The fourth-order valence-electron chi connectivity index (χ4n) is 3.37. The van der Waals surface area contributed by atoms with Gasteiger partial charge in [-0.2, -0.15) is 5.10 Å². The van der Waals surface area contributed by atoms with Crippen molar-refractivity contribution in [3.63, 3.8) is 0 Å². The number of anilines is 1. The number of rotatable bonds is 6. The van der Waals surface area contributed by atoms with E-state index in [-0.39, 0.29) is 11.9 Å². The van der Waals surface area contributed by atoms with E-state index in [9.17, 15) is 4.79 Å². The van der Waals surface area contributed by atoms with E-state index in [4.69, 9.17) is 10.5 Å². The Labute approximate surface area is 137 Å². The van der Waals surface area contributed by atoms with Crippen LogP contribution in [0.5, 0.6) is 0 Å². The zero-order valence-corrected chi connectivity index (χ0v) is 13.6. The van der Waals surface area contributed by atoms with Crippen molar-refractivity contribution < 1.29 is 9.53 Å². The highest BCUT2D eigenvalue weighted by Gasteiger charge is 2.26. The van der Waals surface area contributed by atoms with Crippen molar-refractivity contribution >= 4 is 11.7 Å². The second-order valence-corrected chi connectivity index (χ2v) is 6.53. The standard InChI is InChI=1S/C16H27N5O2/c17-14-3-1-2-13(14)12-16(22)18-15-4-5-21(19-15)7-6-20-8-10-23-11-9-20/h4-5,13-14H,1-3,6-12,17H2,(H,18,19,22)/t13-,14+/m0/s1. The predicted octanol–water partition coefficient (Wildman–Crippen LogP) is 0.671. The molecule has 0 unspecified atom stereocenters. The molecule has 0 radical (unpaired) electrons. The summed E-state index contributed by atoms with van der Waals surface area (Å²) in [6.07, 6.45) is 5.64. The highest BCUT2D eigenvalue weighted by molar-refractivity contribution is 5.89. The average Bonchev–Trinajstić information content (AvgIpc) is 3.16. The van der Waals surface area contributed by atoms with Gasteiger partial charge in [0.2, 0.25) is 5.91 Å². The summed E-state index contributed by atoms with van der Waals surface area (Å²) in [5.41, 5.74) is 6.02. The molecule has 128 valence electrons. The number of nitrogens with two attached hydrogens (primary N) is 1. The van der Waals surface area contributed by atoms with Crippen molar-refractivity contribution in [2.75, 3.05) is 38.2 Å². The van der Waals surface area contributed by atoms with Crippen LogP contribution in [0.3, 0.4) is 0 Å². The van der Waals surface area contributed by atoms with Crippen LogP contribution in [0.15, 0.2) is 12.3 Å². The van der Waals surface area contributed by atoms with Crippen LogP contribution in [-0.4, -0.2) is 59.5 Å². The fourth-order valence-corrected chi connectivity index (χ4v) is 3.37. The largest absolute Gasteiger partial charge is 0.379 e. The van der Waals surface area contributed by atoms with Crippen LogP contribution in [0.4, 0.5) is 5.82 Å². The number of amides is 1. The quantitative estimate of drug-likeness (QED) is 0.804. The third-order valence-electron chi connectivity index (χ3n) is 4.82. The van der Waals surface area contributed by atoms with E-state index in [1.165, 1.54) is 0 Å². The smallest absolute Gasteiger partial charge is 0.225 e. The van der Waals surface area contributed by atoms with Gasteiger partial charge in [0, 0.05) is 44.4 Å². The first kappa shape index (κ1) is 16.4. The van der Waals surface area contributed by atoms with E-state index in [0.29, 0.717) is 18.2 Å². The van der Waals surface area contributed by atoms with Gasteiger partial charge >= 0.3 is 0 Å². The Kier molecular flexibility index (Phi) is 5.64. The lowest BCUT2D eigenvalue weighted by atomic mass is 10.00. The summed E-state index contributed by atoms with van der Waals surface area (Å²) >= 11 is 0. The third-order valence-corrected chi connectivity index (χ3v) is 4.82. The van der Waals surface area contributed by atoms with Crippen LogP contribution in [0.1, 0.15) is 25.7 Å². The molecule has 1 saturated carbocycles. The molecule has 0 bridgehead atoms. The molecule has 1 aliphatic carbocycles. The number of hydrogen-bond donors (Lipinski definition) is 2. The molecule has 1 saturated heterocycles. The lowest BCUT2D eigenvalue weighted by molar-refractivity contribution is -0.117. The van der Waals surface area contributed by atoms with Crippen molar-refractivity contribution in [2.24, 2.45) is 11.7 Å². The van der Waals surface area contributed by atoms with Crippen molar-refractivity contribution in [1.29, 1.82) is 0 Å². The van der Waals surface area contributed by atoms with Crippen LogP contribution >= 0.6 is 0 Å². The molecule has 2 aliphatic rings. The van der Waals surface area contributed by atoms with E-state index < -0.39 is 0 Å². The number of nitrogens with one attached hydrogen (secondary N) is 1. The molecular weight excluding hydrogens is 294 g/mol. The van der Waals surface area contributed by atoms with Crippen LogP contribution in [-0.2, 0) is 16.1 Å². The molecule has 1 amide bonds. The number of nitrogens with zero attached hydrogens (tertiary/aromatic N) is 3. The van der Waals surface area contributed by atoms with Gasteiger partial charge in [-0.3, -0.25) is 14.4 Å². The topological polar surface area (TPSA) is 85.4 Å². The Morgan fingerprint density at radius 2 is 2.17 bits per heavy atom. The Balaban J connectivity index is 1.42. The number of carbonyl (C=O) groups excluding carboxylic acids is 1. The van der Waals surface area contributed by atoms with Gasteiger partial charge in [-0.05, 0) is 18.8 Å². The molecule has 3 N–H and O–H groups in total. The molecule has 2 fully saturated rings. The second-order valence-electron chi connectivity index (χ2n) is 6.53. The first-order valence-corrected chi connectivity index (χ1v) is 8.60. The minimum absolute atomic E-state index is 0.0192. The molecule has 23 heavy (non-hydrogen) atoms. The number of carbonyl (C=O) groups is 1. The molecule has 2 heterocycles. The molecule has 2 atom stereocenters. The summed E-state index contributed by atoms with van der Waals surface area (Å²) in [5.74, 6) is 0.965. The van der Waals surface area contributed by atoms with Crippen LogP contribution in [0.25, 0.3) is 0 Å². The molecule has 7 nitrogen and oxygen atoms in total. The van der Waals surface area contributed by atoms with Gasteiger partial charge in [-0.25, -0.2) is 0 Å². The third kappa shape index (κ3) is 4.76. The average molecular weight is 321 g/mol. The zero-order chi connectivity index (χ0) is 16.1. The van der Waals surface area contributed by atoms with Crippen LogP contribution in [0.2, 0.25) is 0 Å². The molecule has 0 spiro atoms. The zero-order valence-electron chi connectivity index (χ0n) is 13.6. The summed E-state index contributed by atoms with van der Waals surface area (Å²) in [6.45, 7) is 5.35. The fraction of sp³-hybridized carbons (Fsp3) is 0.750. The highest BCUT2D eigenvalue weighted by Crippen LogP contribution is 2.27. The summed E-state index contributed by atoms with van der Waals surface area (Å²) < 4.78 is 7.22. The van der Waals surface area contributed by atoms with Gasteiger partial charge < -0.3 is 15.8 Å². The van der Waals surface area contributed by atoms with Crippen LogP contribution in [0, 0.1) is 5.92 Å². The lowest BCUT2D eigenvalue weighted by Crippen LogP contribution is -2.38. The summed E-state index contributed by atoms with van der Waals surface area (Å²) in [7, 11) is 0. The van der Waals surface area contributed by atoms with E-state index >= 15 is 0 Å². The minimum Gasteiger partial charge on any atom is -0.379 e. The number of aromatic nitrogens is 2. The summed E-state index contributed by atoms with van der Waals surface area (Å²) in [6, 6.07) is 2.03. The number of hydrogen-bond acceptors (Lipinski definition) is 5. The molecule has 3 rings (SSSR count). The van der Waals surface area contributed by atoms with Gasteiger partial charge in [0.1, 0.15) is 0 Å². The SMILES string of the molecule is N[C@@H]1CCC[C@H]1CC(=O)Nc1ccn(CCN2CCOCC2)n1. The Morgan fingerprint density at radius 3 is 2.91 bits per heavy atom. The first-order valence-electron chi connectivity index (χ1n) is 8.60. The molecule has 1 aliphatic heterocycles. The Bertz CT molecular complexity index is 512. The van der Waals surface area contributed by atoms with Crippen molar-refractivity contribution in [3.8, 4) is 0 Å². The maximum Gasteiger partial charge on any atom is 0.225 e. The normalized spacial score (nSPS) is 25.6. The van der Waals surface area contributed by atoms with Gasteiger partial charge in [0.05, 0.1) is 19.8 Å². The van der Waals surface area contributed by atoms with Crippen LogP contribution < -0.4 is 11.1 Å². The van der Waals surface area contributed by atoms with E-state index in [1.807, 2.05) is 16.9 Å². The van der Waals surface area contributed by atoms with Crippen molar-refractivity contribution in [3.05, 3.63) is 12.3 Å². The molecule has 7 heteroatoms. The molecule has 0 aromatic carbocycles. The van der Waals surface area contributed by atoms with Gasteiger partial charge in [0.25, 0.3) is 0 Å². The maximum atomic E-state index is 12.1. The maximum absolute atomic E-state index is 12.1. The van der Waals surface area contributed by atoms with Gasteiger partial charge in [0.15, 0.2) is 5.82 Å². The van der Waals surface area contributed by atoms with Gasteiger partial charge in [-0.15, -0.1) is 0 Å². The highest BCUT2D eigenvalue weighted by atomic mass is 16.5. The number of morpholine rings is 1. The molecular formula is C16H27N5O2. The first-order chi connectivity index (χ1) is 11.2. The minimum atomic E-state index is 0.0192. The molecule has 1 aromatic heterocycles.